The molecular weight excluding hydrogens is 444 g/mol. The molecule has 2 aromatic rings. The molecule has 7 nitrogen and oxygen atoms in total. The molecule has 3 N–H and O–H groups in total. The summed E-state index contributed by atoms with van der Waals surface area (Å²) >= 11 is 0. The molecule has 2 aromatic carbocycles. The van der Waals surface area contributed by atoms with Gasteiger partial charge in [-0.15, -0.1) is 0 Å². The van der Waals surface area contributed by atoms with Crippen LogP contribution < -0.4 is 10.6 Å². The third kappa shape index (κ3) is 5.34. The molecule has 0 saturated heterocycles. The van der Waals surface area contributed by atoms with E-state index in [0.717, 1.165) is 41.5 Å². The first-order valence-electron chi connectivity index (χ1n) is 12.6. The van der Waals surface area contributed by atoms with Gasteiger partial charge in [0.15, 0.2) is 0 Å². The van der Waals surface area contributed by atoms with Gasteiger partial charge in [0.1, 0.15) is 12.6 Å². The van der Waals surface area contributed by atoms with Crippen LogP contribution in [0.5, 0.6) is 0 Å². The highest BCUT2D eigenvalue weighted by molar-refractivity contribution is 5.88. The number of aliphatic carboxylic acids is 1. The van der Waals surface area contributed by atoms with E-state index in [2.05, 4.69) is 34.9 Å². The number of carboxylic acids is 1. The molecule has 2 amide bonds. The lowest BCUT2D eigenvalue weighted by Gasteiger charge is -2.36. The third-order valence-corrected chi connectivity index (χ3v) is 7.39. The fourth-order valence-corrected chi connectivity index (χ4v) is 5.46. The average Bonchev–Trinajstić information content (AvgIpc) is 3.20. The Balaban J connectivity index is 1.39. The number of hydrogen-bond acceptors (Lipinski definition) is 4. The molecular formula is C28H34N2O5. The number of carbonyl (C=O) groups excluding carboxylic acids is 2. The Kier molecular flexibility index (Phi) is 7.73. The minimum Gasteiger partial charge on any atom is -0.480 e. The molecule has 7 heteroatoms. The Morgan fingerprint density at radius 1 is 1.00 bits per heavy atom. The second-order valence-electron chi connectivity index (χ2n) is 9.67. The van der Waals surface area contributed by atoms with Crippen LogP contribution in [0.25, 0.3) is 11.1 Å². The van der Waals surface area contributed by atoms with Crippen LogP contribution in [0.4, 0.5) is 4.79 Å². The lowest BCUT2D eigenvalue weighted by atomic mass is 9.73. The first-order chi connectivity index (χ1) is 16.9. The van der Waals surface area contributed by atoms with Crippen molar-refractivity contribution in [3.8, 4) is 11.1 Å². The molecule has 0 radical (unpaired) electrons. The Bertz CT molecular complexity index is 1030. The summed E-state index contributed by atoms with van der Waals surface area (Å²) in [6, 6.07) is 15.4. The lowest BCUT2D eigenvalue weighted by Crippen LogP contribution is -2.53. The van der Waals surface area contributed by atoms with Gasteiger partial charge in [-0.05, 0) is 41.5 Å². The summed E-state index contributed by atoms with van der Waals surface area (Å²) in [7, 11) is 0. The van der Waals surface area contributed by atoms with Gasteiger partial charge in [-0.2, -0.15) is 0 Å². The molecule has 186 valence electrons. The van der Waals surface area contributed by atoms with Crippen molar-refractivity contribution in [2.45, 2.75) is 63.8 Å². The van der Waals surface area contributed by atoms with E-state index < -0.39 is 23.5 Å². The number of alkyl carbamates (subject to hydrolysis) is 1. The molecule has 0 heterocycles. The third-order valence-electron chi connectivity index (χ3n) is 7.39. The Labute approximate surface area is 206 Å². The van der Waals surface area contributed by atoms with Crippen molar-refractivity contribution in [1.29, 1.82) is 0 Å². The lowest BCUT2D eigenvalue weighted by molar-refractivity contribution is -0.144. The van der Waals surface area contributed by atoms with E-state index in [0.29, 0.717) is 25.7 Å². The fourth-order valence-electron chi connectivity index (χ4n) is 5.46. The summed E-state index contributed by atoms with van der Waals surface area (Å²) in [4.78, 5) is 37.5. The van der Waals surface area contributed by atoms with Crippen LogP contribution in [0, 0.1) is 5.41 Å². The van der Waals surface area contributed by atoms with Crippen molar-refractivity contribution >= 4 is 18.0 Å². The summed E-state index contributed by atoms with van der Waals surface area (Å²) in [6.07, 6.45) is 4.45. The van der Waals surface area contributed by atoms with Gasteiger partial charge >= 0.3 is 12.1 Å². The molecule has 0 bridgehead atoms. The van der Waals surface area contributed by atoms with Crippen molar-refractivity contribution in [2.75, 3.05) is 13.2 Å². The number of nitrogens with one attached hydrogen (secondary N) is 2. The van der Waals surface area contributed by atoms with E-state index in [1.807, 2.05) is 31.2 Å². The van der Waals surface area contributed by atoms with E-state index in [1.165, 1.54) is 0 Å². The van der Waals surface area contributed by atoms with Gasteiger partial charge in [-0.3, -0.25) is 4.79 Å². The second kappa shape index (κ2) is 10.9. The zero-order valence-corrected chi connectivity index (χ0v) is 20.2. The number of ether oxygens (including phenoxy) is 1. The van der Waals surface area contributed by atoms with Crippen LogP contribution in [-0.4, -0.2) is 42.3 Å². The van der Waals surface area contributed by atoms with Gasteiger partial charge in [-0.25, -0.2) is 9.59 Å². The van der Waals surface area contributed by atoms with E-state index in [1.54, 1.807) is 0 Å². The Hall–Kier alpha value is -3.35. The number of benzene rings is 2. The van der Waals surface area contributed by atoms with Gasteiger partial charge in [0.05, 0.1) is 5.41 Å². The summed E-state index contributed by atoms with van der Waals surface area (Å²) in [5.74, 6) is -1.36. The van der Waals surface area contributed by atoms with Crippen molar-refractivity contribution in [1.82, 2.24) is 10.6 Å². The standard InChI is InChI=1S/C28H34N2O5/c1-2-10-24(25(31)32)30-26(33)28(15-8-3-9-16-28)18-29-27(34)35-17-23-21-13-6-4-11-19(21)20-12-5-7-14-22(20)23/h4-7,11-14,23-24H,2-3,8-10,15-18H2,1H3,(H,29,34)(H,30,33)(H,31,32)/t24-/m1/s1. The number of hydrogen-bond donors (Lipinski definition) is 3. The summed E-state index contributed by atoms with van der Waals surface area (Å²) < 4.78 is 5.64. The van der Waals surface area contributed by atoms with Crippen molar-refractivity contribution in [2.24, 2.45) is 5.41 Å². The number of fused-ring (bicyclic) bond motifs is 3. The van der Waals surface area contributed by atoms with Crippen molar-refractivity contribution < 1.29 is 24.2 Å². The van der Waals surface area contributed by atoms with Gasteiger partial charge < -0.3 is 20.5 Å². The number of carbonyl (C=O) groups is 3. The summed E-state index contributed by atoms with van der Waals surface area (Å²) in [5, 5.41) is 15.0. The molecule has 1 saturated carbocycles. The maximum absolute atomic E-state index is 13.2. The highest BCUT2D eigenvalue weighted by atomic mass is 16.5. The molecule has 0 unspecified atom stereocenters. The average molecular weight is 479 g/mol. The molecule has 2 aliphatic carbocycles. The zero-order chi connectivity index (χ0) is 24.8. The smallest absolute Gasteiger partial charge is 0.407 e. The quantitative estimate of drug-likeness (QED) is 0.478. The van der Waals surface area contributed by atoms with Crippen LogP contribution >= 0.6 is 0 Å². The second-order valence-corrected chi connectivity index (χ2v) is 9.67. The highest BCUT2D eigenvalue weighted by Gasteiger charge is 2.41. The Morgan fingerprint density at radius 2 is 1.60 bits per heavy atom. The van der Waals surface area contributed by atoms with Gasteiger partial charge in [0.2, 0.25) is 5.91 Å². The first kappa shape index (κ1) is 24.8. The van der Waals surface area contributed by atoms with E-state index in [9.17, 15) is 19.5 Å². The number of rotatable bonds is 9. The van der Waals surface area contributed by atoms with Gasteiger partial charge in [-0.1, -0.05) is 81.1 Å². The molecule has 0 aromatic heterocycles. The number of amides is 2. The molecule has 1 fully saturated rings. The topological polar surface area (TPSA) is 105 Å². The van der Waals surface area contributed by atoms with Crippen LogP contribution in [0.15, 0.2) is 48.5 Å². The Morgan fingerprint density at radius 3 is 2.17 bits per heavy atom. The predicted molar refractivity (Wildman–Crippen MR) is 133 cm³/mol. The van der Waals surface area contributed by atoms with Gasteiger partial charge in [0, 0.05) is 12.5 Å². The number of carboxylic acid groups (broad SMARTS) is 1. The minimum absolute atomic E-state index is 0.0366. The molecule has 35 heavy (non-hydrogen) atoms. The normalized spacial score (nSPS) is 17.1. The SMILES string of the molecule is CCC[C@@H](NC(=O)C1(CNC(=O)OCC2c3ccccc3-c3ccccc32)CCCCC1)C(=O)O. The van der Waals surface area contributed by atoms with Gasteiger partial charge in [0.25, 0.3) is 0 Å². The molecule has 1 atom stereocenters. The minimum atomic E-state index is -1.03. The van der Waals surface area contributed by atoms with Crippen LogP contribution in [0.2, 0.25) is 0 Å². The van der Waals surface area contributed by atoms with Crippen LogP contribution in [0.1, 0.15) is 68.9 Å². The van der Waals surface area contributed by atoms with E-state index >= 15 is 0 Å². The fraction of sp³-hybridized carbons (Fsp3) is 0.464. The summed E-state index contributed by atoms with van der Waals surface area (Å²) in [6.45, 7) is 2.22. The molecule has 0 spiro atoms. The monoisotopic (exact) mass is 478 g/mol. The molecule has 2 aliphatic rings. The molecule has 0 aliphatic heterocycles. The van der Waals surface area contributed by atoms with Crippen molar-refractivity contribution in [3.63, 3.8) is 0 Å². The van der Waals surface area contributed by atoms with E-state index in [-0.39, 0.29) is 25.0 Å². The predicted octanol–water partition coefficient (Wildman–Crippen LogP) is 4.85. The largest absolute Gasteiger partial charge is 0.480 e. The van der Waals surface area contributed by atoms with Crippen LogP contribution in [0.3, 0.4) is 0 Å². The molecule has 4 rings (SSSR count). The first-order valence-corrected chi connectivity index (χ1v) is 12.6. The zero-order valence-electron chi connectivity index (χ0n) is 20.2. The summed E-state index contributed by atoms with van der Waals surface area (Å²) in [5.41, 5.74) is 3.79. The van der Waals surface area contributed by atoms with Crippen LogP contribution in [-0.2, 0) is 14.3 Å². The van der Waals surface area contributed by atoms with Crippen molar-refractivity contribution in [3.05, 3.63) is 59.7 Å². The highest BCUT2D eigenvalue weighted by Crippen LogP contribution is 2.44. The maximum atomic E-state index is 13.2. The van der Waals surface area contributed by atoms with E-state index in [4.69, 9.17) is 4.74 Å². The maximum Gasteiger partial charge on any atom is 0.407 e.